The van der Waals surface area contributed by atoms with Crippen molar-refractivity contribution in [2.45, 2.75) is 105 Å². The highest BCUT2D eigenvalue weighted by atomic mass is 79.9. The summed E-state index contributed by atoms with van der Waals surface area (Å²) >= 11 is 5.95. The molecule has 12 aliphatic carbocycles. The van der Waals surface area contributed by atoms with Crippen LogP contribution in [-0.2, 0) is 47.3 Å². The number of nitriles is 4. The number of nitrogens with zero attached hydrogens (tertiary/aromatic N) is 15. The zero-order valence-electron chi connectivity index (χ0n) is 74.9. The molecule has 136 heavy (non-hydrogen) atoms. The highest BCUT2D eigenvalue weighted by molar-refractivity contribution is 9.10. The molecule has 6 amide bonds. The number of thiazole rings is 2. The summed E-state index contributed by atoms with van der Waals surface area (Å²) in [5, 5.41) is 60.0. The van der Waals surface area contributed by atoms with Crippen LogP contribution in [0.5, 0.6) is 0 Å². The first-order valence-corrected chi connectivity index (χ1v) is 46.8. The molecule has 0 radical (unpaired) electrons. The number of hydrogen-bond acceptors (Lipinski definition) is 21. The first-order chi connectivity index (χ1) is 65.6. The molecule has 30 heteroatoms. The van der Waals surface area contributed by atoms with Gasteiger partial charge in [0.1, 0.15) is 37.7 Å². The molecule has 6 N–H and O–H groups in total. The van der Waals surface area contributed by atoms with Crippen LogP contribution in [0.15, 0.2) is 259 Å². The predicted octanol–water partition coefficient (Wildman–Crippen LogP) is 17.9. The van der Waals surface area contributed by atoms with Crippen LogP contribution in [-0.4, -0.2) is 128 Å². The molecule has 27 nitrogen and oxygen atoms in total. The fraction of sp³-hybridized carbons (Fsp3) is 0.236. The first-order valence-electron chi connectivity index (χ1n) is 44.2. The van der Waals surface area contributed by atoms with Crippen LogP contribution in [0.4, 0.5) is 22.2 Å². The number of fused-ring (bicyclic) bond motifs is 5. The van der Waals surface area contributed by atoms with Crippen molar-refractivity contribution in [1.29, 1.82) is 21.0 Å². The molecule has 0 aliphatic heterocycles. The molecular formula is C106H86BrN21O6S2. The third kappa shape index (κ3) is 13.7. The number of anilines is 4. The minimum Gasteiger partial charge on any atom is -0.343 e. The maximum absolute atomic E-state index is 14.0. The van der Waals surface area contributed by atoms with Gasteiger partial charge in [-0.15, -0.1) is 22.7 Å². The van der Waals surface area contributed by atoms with Gasteiger partial charge in [-0.1, -0.05) is 164 Å². The van der Waals surface area contributed by atoms with Crippen LogP contribution in [0.2, 0.25) is 0 Å². The zero-order chi connectivity index (χ0) is 94.8. The van der Waals surface area contributed by atoms with E-state index in [0.29, 0.717) is 70.3 Å². The SMILES string of the molecule is CC1(C(=O)Nc2nc(Br)c(Cc3ccccc3)[nH]2)CC2(C#N)c3ccccc3C1c1cccnc12.CC1(C(=O)Nc2ncc(-c3cccc4ccccc34)[nH]2)CC2(C#N)c3ccncc3C1c1ccncc12.CN(C)C(=O)c1csc(NC(=O)C2(C)CC3(C#N)c4ccccc4C2c2cccnc23)n1.CN(C)C(=O)c1csc(NC(=O)C2(C)CC3(C#N)c4ccccc4C2c2cccnc23)n1. The molecule has 8 bridgehead atoms. The number of rotatable bonds is 13. The Morgan fingerprint density at radius 1 is 0.404 bits per heavy atom. The summed E-state index contributed by atoms with van der Waals surface area (Å²) in [6, 6.07) is 73.5. The van der Waals surface area contributed by atoms with Gasteiger partial charge in [-0.25, -0.2) is 19.9 Å². The van der Waals surface area contributed by atoms with Gasteiger partial charge in [0.25, 0.3) is 11.8 Å². The van der Waals surface area contributed by atoms with E-state index < -0.39 is 43.3 Å². The van der Waals surface area contributed by atoms with Gasteiger partial charge < -0.3 is 30.4 Å². The number of aromatic amines is 2. The van der Waals surface area contributed by atoms with Crippen LogP contribution in [0.1, 0.15) is 199 Å². The van der Waals surface area contributed by atoms with Crippen LogP contribution >= 0.6 is 38.6 Å². The number of amides is 6. The van der Waals surface area contributed by atoms with E-state index in [1.807, 2.05) is 191 Å². The summed E-state index contributed by atoms with van der Waals surface area (Å²) in [5.41, 5.74) is 11.5. The average Bonchev–Trinajstić information content (AvgIpc) is 0.876. The monoisotopic (exact) mass is 1890 g/mol. The van der Waals surface area contributed by atoms with E-state index in [0.717, 1.165) is 123 Å². The summed E-state index contributed by atoms with van der Waals surface area (Å²) in [6.45, 7) is 7.70. The van der Waals surface area contributed by atoms with E-state index in [9.17, 15) is 49.8 Å². The number of aromatic nitrogens is 11. The lowest BCUT2D eigenvalue weighted by molar-refractivity contribution is -0.128. The number of hydrogen-bond donors (Lipinski definition) is 6. The highest BCUT2D eigenvalue weighted by Gasteiger charge is 2.67. The van der Waals surface area contributed by atoms with E-state index >= 15 is 0 Å². The van der Waals surface area contributed by atoms with Crippen molar-refractivity contribution < 1.29 is 28.8 Å². The largest absolute Gasteiger partial charge is 0.343 e. The Balaban J connectivity index is 0.000000112. The van der Waals surface area contributed by atoms with Crippen LogP contribution < -0.4 is 21.3 Å². The molecule has 12 atom stereocenters. The predicted molar refractivity (Wildman–Crippen MR) is 516 cm³/mol. The summed E-state index contributed by atoms with van der Waals surface area (Å²) in [7, 11) is 6.63. The molecule has 0 saturated carbocycles. The lowest BCUT2D eigenvalue weighted by Crippen LogP contribution is -2.54. The van der Waals surface area contributed by atoms with E-state index in [2.05, 4.69) is 147 Å². The van der Waals surface area contributed by atoms with Gasteiger partial charge in [0.2, 0.25) is 35.5 Å². The normalized spacial score (nSPS) is 24.1. The number of carbonyl (C=O) groups is 6. The van der Waals surface area contributed by atoms with Gasteiger partial charge in [0, 0.05) is 118 Å². The number of halogens is 1. The number of benzene rings is 6. The Morgan fingerprint density at radius 2 is 0.809 bits per heavy atom. The molecule has 27 rings (SSSR count). The Bertz CT molecular complexity index is 7270. The summed E-state index contributed by atoms with van der Waals surface area (Å²) < 4.78 is 0.667. The maximum Gasteiger partial charge on any atom is 0.272 e. The molecule has 0 spiro atoms. The van der Waals surface area contributed by atoms with E-state index in [1.165, 1.54) is 32.5 Å². The molecule has 6 aromatic carbocycles. The molecule has 0 saturated heterocycles. The highest BCUT2D eigenvalue weighted by Crippen LogP contribution is 2.68. The second kappa shape index (κ2) is 33.5. The van der Waals surface area contributed by atoms with E-state index in [1.54, 1.807) is 88.5 Å². The third-order valence-corrected chi connectivity index (χ3v) is 31.0. The van der Waals surface area contributed by atoms with Crippen molar-refractivity contribution in [2.75, 3.05) is 49.5 Å². The minimum atomic E-state index is -0.997. The Kier molecular flexibility index (Phi) is 21.7. The number of carbonyl (C=O) groups excluding carboxylic acids is 6. The van der Waals surface area contributed by atoms with Crippen molar-refractivity contribution in [1.82, 2.24) is 64.6 Å². The third-order valence-electron chi connectivity index (χ3n) is 28.8. The van der Waals surface area contributed by atoms with Gasteiger partial charge in [0.05, 0.1) is 80.6 Å². The van der Waals surface area contributed by atoms with Gasteiger partial charge in [-0.05, 0) is 188 Å². The molecule has 12 unspecified atom stereocenters. The Labute approximate surface area is 798 Å². The standard InChI is InChI=1S/C30H22N6O.C28H22BrN5O.2C24H21N5O2S/c1-29(16-30(17-31)23-10-12-32-13-22(23)26(29)21-9-11-33-14-24(21)30)27(37)36-28-34-15-25(35-28)20-8-4-6-18-5-2-3-7-19(18)20;1-27(25(35)34-26-32-21(24(29)33-26)14-17-8-3-2-4-9-17)15-28(16-30)20-12-6-5-10-18(20)22(27)19-11-7-13-31-23(19)28;2*1-23(21(31)28-22-27-17(11-32-22)20(30)29(2)3)12-24(13-25)16-9-5-4-7-14(16)18(23)15-8-6-10-26-19(15)24/h2-15,26H,16H2,1H3,(H2,34,35,36,37);2-13,22H,14-15H2,1H3,(H2,32,33,34,35);2*4-11,18H,12H2,1-3H3,(H,27,28,31). The topological polar surface area (TPSA) is 400 Å². The number of nitrogens with one attached hydrogen (secondary N) is 6. The molecule has 670 valence electrons. The van der Waals surface area contributed by atoms with Gasteiger partial charge in [-0.2, -0.15) is 21.0 Å². The van der Waals surface area contributed by atoms with Crippen molar-refractivity contribution >= 4 is 107 Å². The van der Waals surface area contributed by atoms with Gasteiger partial charge in [0.15, 0.2) is 10.3 Å². The van der Waals surface area contributed by atoms with Crippen molar-refractivity contribution in [2.24, 2.45) is 21.7 Å². The van der Waals surface area contributed by atoms with Crippen molar-refractivity contribution in [3.8, 4) is 35.5 Å². The number of imidazole rings is 2. The summed E-state index contributed by atoms with van der Waals surface area (Å²) in [4.78, 5) is 129. The fourth-order valence-electron chi connectivity index (χ4n) is 22.9. The lowest BCUT2D eigenvalue weighted by Gasteiger charge is -2.53. The lowest BCUT2D eigenvalue weighted by atomic mass is 9.47. The Morgan fingerprint density at radius 3 is 1.30 bits per heavy atom. The molecule has 9 heterocycles. The van der Waals surface area contributed by atoms with Gasteiger partial charge in [-0.3, -0.25) is 64.3 Å². The second-order valence-electron chi connectivity index (χ2n) is 37.2. The summed E-state index contributed by atoms with van der Waals surface area (Å²) in [5.74, 6) is -1.40. The maximum atomic E-state index is 14.0. The van der Waals surface area contributed by atoms with Crippen LogP contribution in [0.3, 0.4) is 0 Å². The second-order valence-corrected chi connectivity index (χ2v) is 39.6. The minimum absolute atomic E-state index is 0.168. The van der Waals surface area contributed by atoms with Gasteiger partial charge >= 0.3 is 0 Å². The summed E-state index contributed by atoms with van der Waals surface area (Å²) in [6.07, 6.45) is 15.9. The molecule has 0 fully saturated rings. The first kappa shape index (κ1) is 88.2. The number of H-pyrrole nitrogens is 2. The van der Waals surface area contributed by atoms with Crippen molar-refractivity contribution in [3.63, 3.8) is 0 Å². The fourth-order valence-corrected chi connectivity index (χ4v) is 24.6. The Hall–Kier alpha value is -15.7. The smallest absolute Gasteiger partial charge is 0.272 e. The average molecular weight is 1890 g/mol. The molecule has 9 aromatic heterocycles. The van der Waals surface area contributed by atoms with E-state index in [4.69, 9.17) is 0 Å². The molecular weight excluding hydrogens is 1810 g/mol. The quantitative estimate of drug-likeness (QED) is 0.0624. The van der Waals surface area contributed by atoms with E-state index in [-0.39, 0.29) is 59.1 Å². The number of pyridine rings is 5. The molecule has 15 aromatic rings. The zero-order valence-corrected chi connectivity index (χ0v) is 78.2. The molecule has 12 aliphatic rings. The van der Waals surface area contributed by atoms with Crippen LogP contribution in [0.25, 0.3) is 22.0 Å². The van der Waals surface area contributed by atoms with Crippen LogP contribution in [0, 0.1) is 67.0 Å². The van der Waals surface area contributed by atoms with Crippen molar-refractivity contribution in [3.05, 3.63) is 371 Å².